The topological polar surface area (TPSA) is 37.8 Å². The van der Waals surface area contributed by atoms with Gasteiger partial charge < -0.3 is 5.32 Å². The number of halogens is 1. The summed E-state index contributed by atoms with van der Waals surface area (Å²) in [6, 6.07) is 12.6. The van der Waals surface area contributed by atoms with Gasteiger partial charge in [-0.25, -0.2) is 9.97 Å². The van der Waals surface area contributed by atoms with Crippen molar-refractivity contribution in [1.82, 2.24) is 9.97 Å². The first-order valence-corrected chi connectivity index (χ1v) is 8.19. The summed E-state index contributed by atoms with van der Waals surface area (Å²) >= 11 is 7.80. The summed E-state index contributed by atoms with van der Waals surface area (Å²) in [6.07, 6.45) is 2.48. The highest BCUT2D eigenvalue weighted by molar-refractivity contribution is 7.18. The number of thiophene rings is 1. The van der Waals surface area contributed by atoms with Gasteiger partial charge in [0.25, 0.3) is 0 Å². The Hall–Kier alpha value is -1.65. The molecule has 21 heavy (non-hydrogen) atoms. The molecule has 3 nitrogen and oxygen atoms in total. The molecule has 1 N–H and O–H groups in total. The molecule has 0 radical (unpaired) electrons. The normalized spacial score (nSPS) is 12.5. The molecule has 0 aliphatic carbocycles. The number of benzene rings is 1. The van der Waals surface area contributed by atoms with E-state index in [1.807, 2.05) is 18.2 Å². The lowest BCUT2D eigenvalue weighted by atomic mass is 10.1. The van der Waals surface area contributed by atoms with E-state index in [4.69, 9.17) is 11.6 Å². The van der Waals surface area contributed by atoms with Gasteiger partial charge in [-0.05, 0) is 25.0 Å². The molecule has 0 spiro atoms. The number of hydrogen-bond donors (Lipinski definition) is 1. The van der Waals surface area contributed by atoms with E-state index in [2.05, 4.69) is 40.4 Å². The summed E-state index contributed by atoms with van der Waals surface area (Å²) in [6.45, 7) is 2.08. The van der Waals surface area contributed by atoms with E-state index in [9.17, 15) is 0 Å². The predicted octanol–water partition coefficient (Wildman–Crippen LogP) is 4.26. The summed E-state index contributed by atoms with van der Waals surface area (Å²) in [5.41, 5.74) is 1.27. The molecule has 5 heteroatoms. The molecule has 1 unspecified atom stereocenters. The summed E-state index contributed by atoms with van der Waals surface area (Å²) in [5.74, 6) is 1.40. The van der Waals surface area contributed by atoms with Crippen LogP contribution >= 0.6 is 22.9 Å². The molecule has 3 rings (SSSR count). The molecule has 2 aromatic heterocycles. The van der Waals surface area contributed by atoms with Crippen LogP contribution in [0.3, 0.4) is 0 Å². The Morgan fingerprint density at radius 3 is 2.81 bits per heavy atom. The maximum Gasteiger partial charge on any atom is 0.138 e. The van der Waals surface area contributed by atoms with Crippen LogP contribution in [0.2, 0.25) is 0 Å². The number of alkyl halides is 1. The van der Waals surface area contributed by atoms with Gasteiger partial charge in [0, 0.05) is 16.8 Å². The van der Waals surface area contributed by atoms with Gasteiger partial charge in [0.05, 0.1) is 5.39 Å². The zero-order chi connectivity index (χ0) is 14.7. The lowest BCUT2D eigenvalue weighted by Crippen LogP contribution is -2.24. The summed E-state index contributed by atoms with van der Waals surface area (Å²) < 4.78 is 0. The van der Waals surface area contributed by atoms with E-state index in [1.54, 1.807) is 17.7 Å². The van der Waals surface area contributed by atoms with E-state index in [0.717, 1.165) is 22.5 Å². The van der Waals surface area contributed by atoms with Gasteiger partial charge in [0.2, 0.25) is 0 Å². The maximum atomic E-state index is 6.12. The lowest BCUT2D eigenvalue weighted by molar-refractivity contribution is 0.792. The molecule has 0 amide bonds. The van der Waals surface area contributed by atoms with E-state index in [-0.39, 0.29) is 6.04 Å². The van der Waals surface area contributed by atoms with Gasteiger partial charge in [-0.2, -0.15) is 0 Å². The van der Waals surface area contributed by atoms with Crippen LogP contribution in [-0.2, 0) is 6.42 Å². The van der Waals surface area contributed by atoms with E-state index >= 15 is 0 Å². The number of aryl methyl sites for hydroxylation is 1. The second-order valence-corrected chi connectivity index (χ2v) is 6.53. The number of hydrogen-bond acceptors (Lipinski definition) is 4. The van der Waals surface area contributed by atoms with Crippen LogP contribution in [0.5, 0.6) is 0 Å². The Balaban J connectivity index is 1.82. The largest absolute Gasteiger partial charge is 0.365 e. The van der Waals surface area contributed by atoms with Gasteiger partial charge in [0.15, 0.2) is 0 Å². The van der Waals surface area contributed by atoms with E-state index < -0.39 is 0 Å². The number of nitrogens with one attached hydrogen (secondary N) is 1. The predicted molar refractivity (Wildman–Crippen MR) is 90.4 cm³/mol. The molecular weight excluding hydrogens is 302 g/mol. The van der Waals surface area contributed by atoms with Crippen molar-refractivity contribution in [2.75, 3.05) is 11.2 Å². The lowest BCUT2D eigenvalue weighted by Gasteiger charge is -2.17. The van der Waals surface area contributed by atoms with Crippen molar-refractivity contribution in [3.8, 4) is 0 Å². The Morgan fingerprint density at radius 2 is 2.05 bits per heavy atom. The number of rotatable bonds is 5. The first kappa shape index (κ1) is 14.3. The van der Waals surface area contributed by atoms with Gasteiger partial charge >= 0.3 is 0 Å². The number of anilines is 1. The molecule has 0 aliphatic heterocycles. The van der Waals surface area contributed by atoms with Crippen molar-refractivity contribution in [1.29, 1.82) is 0 Å². The summed E-state index contributed by atoms with van der Waals surface area (Å²) in [7, 11) is 0. The highest BCUT2D eigenvalue weighted by Crippen LogP contribution is 2.28. The minimum atomic E-state index is 0.146. The third-order valence-electron chi connectivity index (χ3n) is 3.30. The highest BCUT2D eigenvalue weighted by Gasteiger charge is 2.12. The van der Waals surface area contributed by atoms with Crippen LogP contribution in [0.4, 0.5) is 5.82 Å². The van der Waals surface area contributed by atoms with Gasteiger partial charge in [-0.3, -0.25) is 0 Å². The Labute approximate surface area is 133 Å². The molecule has 1 aromatic carbocycles. The smallest absolute Gasteiger partial charge is 0.138 e. The Kier molecular flexibility index (Phi) is 4.36. The van der Waals surface area contributed by atoms with Gasteiger partial charge in [-0.1, -0.05) is 30.3 Å². The van der Waals surface area contributed by atoms with Crippen LogP contribution in [-0.4, -0.2) is 21.9 Å². The molecule has 0 saturated heterocycles. The zero-order valence-corrected chi connectivity index (χ0v) is 13.3. The van der Waals surface area contributed by atoms with Crippen molar-refractivity contribution < 1.29 is 0 Å². The quantitative estimate of drug-likeness (QED) is 0.714. The molecule has 0 fully saturated rings. The van der Waals surface area contributed by atoms with Crippen LogP contribution in [0, 0.1) is 6.92 Å². The van der Waals surface area contributed by atoms with Crippen LogP contribution in [0.15, 0.2) is 42.7 Å². The number of nitrogens with zero attached hydrogens (tertiary/aromatic N) is 2. The van der Waals surface area contributed by atoms with E-state index in [1.165, 1.54) is 10.4 Å². The van der Waals surface area contributed by atoms with Crippen molar-refractivity contribution in [3.05, 3.63) is 53.2 Å². The van der Waals surface area contributed by atoms with E-state index in [0.29, 0.717) is 5.88 Å². The standard InChI is InChI=1S/C16H16ClN3S/c1-11-7-14-15(18-10-19-16(14)21-11)20-13(9-17)8-12-5-3-2-4-6-12/h2-7,10,13H,8-9H2,1H3,(H,18,19,20). The minimum Gasteiger partial charge on any atom is -0.365 e. The van der Waals surface area contributed by atoms with Crippen LogP contribution in [0.1, 0.15) is 10.4 Å². The van der Waals surface area contributed by atoms with Gasteiger partial charge in [0.1, 0.15) is 17.0 Å². The molecule has 1 atom stereocenters. The average Bonchev–Trinajstić information content (AvgIpc) is 2.89. The third-order valence-corrected chi connectivity index (χ3v) is 4.64. The monoisotopic (exact) mass is 317 g/mol. The highest BCUT2D eigenvalue weighted by atomic mass is 35.5. The molecule has 3 aromatic rings. The molecule has 0 aliphatic rings. The van der Waals surface area contributed by atoms with Gasteiger partial charge in [-0.15, -0.1) is 22.9 Å². The fourth-order valence-corrected chi connectivity index (χ4v) is 3.36. The van der Waals surface area contributed by atoms with Crippen molar-refractivity contribution >= 4 is 39.0 Å². The number of fused-ring (bicyclic) bond motifs is 1. The molecule has 0 bridgehead atoms. The fourth-order valence-electron chi connectivity index (χ4n) is 2.33. The number of aromatic nitrogens is 2. The Bertz CT molecular complexity index is 727. The third kappa shape index (κ3) is 3.34. The zero-order valence-electron chi connectivity index (χ0n) is 11.7. The van der Waals surface area contributed by atoms with Crippen LogP contribution < -0.4 is 5.32 Å². The minimum absolute atomic E-state index is 0.146. The molecular formula is C16H16ClN3S. The summed E-state index contributed by atoms with van der Waals surface area (Å²) in [4.78, 5) is 10.9. The van der Waals surface area contributed by atoms with Crippen molar-refractivity contribution in [2.45, 2.75) is 19.4 Å². The second-order valence-electron chi connectivity index (χ2n) is 4.98. The molecule has 0 saturated carbocycles. The van der Waals surface area contributed by atoms with Crippen molar-refractivity contribution in [2.24, 2.45) is 0 Å². The Morgan fingerprint density at radius 1 is 1.24 bits per heavy atom. The maximum absolute atomic E-state index is 6.12. The van der Waals surface area contributed by atoms with Crippen LogP contribution in [0.25, 0.3) is 10.2 Å². The van der Waals surface area contributed by atoms with Crippen molar-refractivity contribution in [3.63, 3.8) is 0 Å². The first-order chi connectivity index (χ1) is 10.3. The summed E-state index contributed by atoms with van der Waals surface area (Å²) in [5, 5.41) is 4.53. The second kappa shape index (κ2) is 6.41. The SMILES string of the molecule is Cc1cc2c(NC(CCl)Cc3ccccc3)ncnc2s1. The first-order valence-electron chi connectivity index (χ1n) is 6.84. The average molecular weight is 318 g/mol. The molecule has 108 valence electrons. The fraction of sp³-hybridized carbons (Fsp3) is 0.250. The molecule has 2 heterocycles.